The zero-order chi connectivity index (χ0) is 11.6. The first kappa shape index (κ1) is 13.6. The minimum atomic E-state index is -4.28. The molecule has 0 aliphatic heterocycles. The van der Waals surface area contributed by atoms with Crippen LogP contribution in [0.3, 0.4) is 0 Å². The highest BCUT2D eigenvalue weighted by Gasteiger charge is 2.29. The Bertz CT molecular complexity index is 252. The molecule has 0 rings (SSSR count). The molecule has 6 heteroatoms. The van der Waals surface area contributed by atoms with Crippen molar-refractivity contribution in [3.63, 3.8) is 0 Å². The van der Waals surface area contributed by atoms with Gasteiger partial charge in [-0.25, -0.2) is 4.21 Å². The predicted octanol–water partition coefficient (Wildman–Crippen LogP) is 2.86. The minimum Gasteiger partial charge on any atom is -0.234 e. The fraction of sp³-hybridized carbons (Fsp3) is 0.875. The molecule has 0 spiro atoms. The van der Waals surface area contributed by atoms with E-state index in [1.54, 1.807) is 20.8 Å². The molecule has 0 radical (unpaired) electrons. The van der Waals surface area contributed by atoms with Crippen molar-refractivity contribution in [3.8, 4) is 0 Å². The van der Waals surface area contributed by atoms with Crippen molar-refractivity contribution >= 4 is 16.7 Å². The molecule has 0 N–H and O–H groups in total. The Labute approximate surface area is 84.2 Å². The second-order valence-corrected chi connectivity index (χ2v) is 5.89. The van der Waals surface area contributed by atoms with E-state index in [2.05, 4.69) is 4.40 Å². The zero-order valence-corrected chi connectivity index (χ0v) is 9.42. The van der Waals surface area contributed by atoms with Gasteiger partial charge in [-0.3, -0.25) is 0 Å². The van der Waals surface area contributed by atoms with E-state index >= 15 is 0 Å². The number of nitrogens with zero attached hydrogens (tertiary/aromatic N) is 1. The van der Waals surface area contributed by atoms with Gasteiger partial charge in [-0.1, -0.05) is 0 Å². The largest absolute Gasteiger partial charge is 0.394 e. The molecule has 0 unspecified atom stereocenters. The molecular formula is C8H14F3NOS. The van der Waals surface area contributed by atoms with E-state index in [0.717, 1.165) is 0 Å². The lowest BCUT2D eigenvalue weighted by Crippen LogP contribution is -2.21. The van der Waals surface area contributed by atoms with Crippen molar-refractivity contribution in [3.05, 3.63) is 0 Å². The van der Waals surface area contributed by atoms with Crippen molar-refractivity contribution in [1.82, 2.24) is 0 Å². The van der Waals surface area contributed by atoms with Gasteiger partial charge in [-0.2, -0.15) is 17.6 Å². The maximum absolute atomic E-state index is 11.9. The van der Waals surface area contributed by atoms with E-state index in [4.69, 9.17) is 0 Å². The molecule has 1 atom stereocenters. The van der Waals surface area contributed by atoms with Gasteiger partial charge in [-0.05, 0) is 27.7 Å². The highest BCUT2D eigenvalue weighted by atomic mass is 32.2. The first-order valence-corrected chi connectivity index (χ1v) is 5.16. The summed E-state index contributed by atoms with van der Waals surface area (Å²) >= 11 is 0. The summed E-state index contributed by atoms with van der Waals surface area (Å²) in [6, 6.07) is 0. The maximum Gasteiger partial charge on any atom is 0.394 e. The van der Waals surface area contributed by atoms with Gasteiger partial charge in [-0.15, -0.1) is 0 Å². The van der Waals surface area contributed by atoms with E-state index in [9.17, 15) is 17.4 Å². The number of hydrogen-bond donors (Lipinski definition) is 0. The third-order valence-corrected chi connectivity index (χ3v) is 2.74. The molecule has 0 aromatic heterocycles. The molecular weight excluding hydrogens is 215 g/mol. The van der Waals surface area contributed by atoms with Gasteiger partial charge in [0.05, 0.1) is 11.2 Å². The SMILES string of the molecule is CC(CC(F)(F)F)=N[S@](=O)C(C)(C)C. The molecule has 0 heterocycles. The highest BCUT2D eigenvalue weighted by Crippen LogP contribution is 2.21. The number of halogens is 3. The fourth-order valence-corrected chi connectivity index (χ4v) is 1.22. The van der Waals surface area contributed by atoms with Crippen molar-refractivity contribution in [2.45, 2.75) is 45.0 Å². The number of rotatable bonds is 2. The smallest absolute Gasteiger partial charge is 0.234 e. The summed E-state index contributed by atoms with van der Waals surface area (Å²) in [6.45, 7) is 6.21. The molecule has 0 aliphatic carbocycles. The van der Waals surface area contributed by atoms with Crippen LogP contribution in [0, 0.1) is 0 Å². The second kappa shape index (κ2) is 4.42. The summed E-state index contributed by atoms with van der Waals surface area (Å²) < 4.78 is 49.8. The average Bonchev–Trinajstić information content (AvgIpc) is 1.79. The van der Waals surface area contributed by atoms with Crippen LogP contribution in [0.5, 0.6) is 0 Å². The van der Waals surface area contributed by atoms with Crippen LogP contribution in [0.25, 0.3) is 0 Å². The Balaban J connectivity index is 4.47. The van der Waals surface area contributed by atoms with E-state index in [1.165, 1.54) is 6.92 Å². The van der Waals surface area contributed by atoms with Crippen LogP contribution in [0.1, 0.15) is 34.1 Å². The monoisotopic (exact) mass is 229 g/mol. The summed E-state index contributed by atoms with van der Waals surface area (Å²) in [7, 11) is -1.61. The number of alkyl halides is 3. The third-order valence-electron chi connectivity index (χ3n) is 1.22. The normalized spacial score (nSPS) is 16.9. The minimum absolute atomic E-state index is 0.147. The van der Waals surface area contributed by atoms with Gasteiger partial charge in [0.15, 0.2) is 0 Å². The lowest BCUT2D eigenvalue weighted by molar-refractivity contribution is -0.121. The topological polar surface area (TPSA) is 29.4 Å². The van der Waals surface area contributed by atoms with E-state index < -0.39 is 28.3 Å². The quantitative estimate of drug-likeness (QED) is 0.669. The Morgan fingerprint density at radius 1 is 1.29 bits per heavy atom. The summed E-state index contributed by atoms with van der Waals surface area (Å²) in [5, 5.41) is 0. The van der Waals surface area contributed by atoms with Gasteiger partial charge in [0, 0.05) is 5.71 Å². The van der Waals surface area contributed by atoms with Crippen LogP contribution in [0.2, 0.25) is 0 Å². The van der Waals surface area contributed by atoms with Crippen LogP contribution in [-0.4, -0.2) is 20.8 Å². The van der Waals surface area contributed by atoms with Gasteiger partial charge in [0.1, 0.15) is 11.0 Å². The summed E-state index contributed by atoms with van der Waals surface area (Å²) in [5.74, 6) is 0. The predicted molar refractivity (Wildman–Crippen MR) is 51.7 cm³/mol. The van der Waals surface area contributed by atoms with Gasteiger partial charge in [0.2, 0.25) is 0 Å². The molecule has 0 amide bonds. The molecule has 0 fully saturated rings. The van der Waals surface area contributed by atoms with Crippen LogP contribution < -0.4 is 0 Å². The van der Waals surface area contributed by atoms with Gasteiger partial charge < -0.3 is 0 Å². The van der Waals surface area contributed by atoms with E-state index in [0.29, 0.717) is 0 Å². The second-order valence-electron chi connectivity index (χ2n) is 3.98. The maximum atomic E-state index is 11.9. The first-order chi connectivity index (χ1) is 6.02. The van der Waals surface area contributed by atoms with E-state index in [-0.39, 0.29) is 5.71 Å². The number of hydrogen-bond acceptors (Lipinski definition) is 1. The summed E-state index contributed by atoms with van der Waals surface area (Å²) in [6.07, 6.45) is -5.38. The van der Waals surface area contributed by atoms with E-state index in [1.807, 2.05) is 0 Å². The molecule has 14 heavy (non-hydrogen) atoms. The molecule has 84 valence electrons. The lowest BCUT2D eigenvalue weighted by atomic mass is 10.3. The fourth-order valence-electron chi connectivity index (χ4n) is 0.601. The van der Waals surface area contributed by atoms with Crippen molar-refractivity contribution < 1.29 is 17.4 Å². The molecule has 0 aromatic rings. The Morgan fingerprint density at radius 2 is 1.71 bits per heavy atom. The Morgan fingerprint density at radius 3 is 2.00 bits per heavy atom. The molecule has 0 aliphatic rings. The molecule has 0 bridgehead atoms. The third kappa shape index (κ3) is 6.12. The zero-order valence-electron chi connectivity index (χ0n) is 8.60. The first-order valence-electron chi connectivity index (χ1n) is 4.05. The van der Waals surface area contributed by atoms with Gasteiger partial charge in [0.25, 0.3) is 0 Å². The molecule has 0 saturated heterocycles. The Kier molecular flexibility index (Phi) is 4.30. The molecule has 2 nitrogen and oxygen atoms in total. The van der Waals surface area contributed by atoms with Crippen molar-refractivity contribution in [1.29, 1.82) is 0 Å². The van der Waals surface area contributed by atoms with Crippen LogP contribution >= 0.6 is 0 Å². The van der Waals surface area contributed by atoms with Crippen molar-refractivity contribution in [2.24, 2.45) is 4.40 Å². The van der Waals surface area contributed by atoms with Gasteiger partial charge >= 0.3 is 6.18 Å². The summed E-state index contributed by atoms with van der Waals surface area (Å²) in [5.41, 5.74) is -0.147. The average molecular weight is 229 g/mol. The standard InChI is InChI=1S/C8H14F3NOS/c1-6(5-8(9,10)11)12-14(13)7(2,3)4/h5H2,1-4H3/t14-/m1/s1. The summed E-state index contributed by atoms with van der Waals surface area (Å²) in [4.78, 5) is 0. The lowest BCUT2D eigenvalue weighted by Gasteiger charge is -2.14. The van der Waals surface area contributed by atoms with Crippen LogP contribution in [0.15, 0.2) is 4.40 Å². The van der Waals surface area contributed by atoms with Crippen LogP contribution in [-0.2, 0) is 11.0 Å². The highest BCUT2D eigenvalue weighted by molar-refractivity contribution is 7.85. The van der Waals surface area contributed by atoms with Crippen molar-refractivity contribution in [2.75, 3.05) is 0 Å². The van der Waals surface area contributed by atoms with Crippen LogP contribution in [0.4, 0.5) is 13.2 Å². The molecule has 0 saturated carbocycles. The molecule has 0 aromatic carbocycles. The Hall–Kier alpha value is -0.390.